The van der Waals surface area contributed by atoms with Gasteiger partial charge in [0.1, 0.15) is 0 Å². The number of aliphatic imine (C=N–C) groups is 1. The maximum Gasteiger partial charge on any atom is 0.0660 e. The zero-order valence-electron chi connectivity index (χ0n) is 14.9. The van der Waals surface area contributed by atoms with Crippen molar-refractivity contribution in [2.24, 2.45) is 4.99 Å². The Kier molecular flexibility index (Phi) is 5.51. The molecule has 134 valence electrons. The molecule has 3 nitrogen and oxygen atoms in total. The number of likely N-dealkylation sites (tertiary alicyclic amines) is 1. The largest absolute Gasteiger partial charge is 0.361 e. The summed E-state index contributed by atoms with van der Waals surface area (Å²) < 4.78 is 1.10. The number of nitrogens with one attached hydrogen (secondary N) is 1. The fourth-order valence-electron chi connectivity index (χ4n) is 3.62. The summed E-state index contributed by atoms with van der Waals surface area (Å²) in [4.78, 5) is 7.03. The molecular weight excluding hydrogens is 386 g/mol. The molecule has 1 fully saturated rings. The molecule has 4 rings (SSSR count). The molecule has 0 aromatic heterocycles. The van der Waals surface area contributed by atoms with Crippen LogP contribution in [0.2, 0.25) is 0 Å². The Labute approximate surface area is 164 Å². The number of rotatable bonds is 4. The van der Waals surface area contributed by atoms with E-state index in [9.17, 15) is 0 Å². The minimum Gasteiger partial charge on any atom is -0.361 e. The molecule has 0 aliphatic carbocycles. The number of hydrogen-bond donors (Lipinski definition) is 1. The highest BCUT2D eigenvalue weighted by Gasteiger charge is 2.12. The molecule has 2 aliphatic heterocycles. The van der Waals surface area contributed by atoms with Crippen LogP contribution >= 0.6 is 15.9 Å². The molecule has 0 bridgehead atoms. The number of hydrogen-bond acceptors (Lipinski definition) is 3. The van der Waals surface area contributed by atoms with Gasteiger partial charge in [-0.1, -0.05) is 40.5 Å². The first-order chi connectivity index (χ1) is 12.8. The van der Waals surface area contributed by atoms with E-state index in [0.29, 0.717) is 6.54 Å². The molecule has 0 saturated carbocycles. The number of benzene rings is 2. The highest BCUT2D eigenvalue weighted by Crippen LogP contribution is 2.26. The average molecular weight is 410 g/mol. The van der Waals surface area contributed by atoms with Crippen LogP contribution in [0.4, 0.5) is 5.69 Å². The Balaban J connectivity index is 1.42. The number of anilines is 1. The van der Waals surface area contributed by atoms with Crippen LogP contribution in [-0.4, -0.2) is 30.7 Å². The third-order valence-corrected chi connectivity index (χ3v) is 5.57. The third-order valence-electron chi connectivity index (χ3n) is 5.08. The molecule has 2 heterocycles. The van der Waals surface area contributed by atoms with E-state index < -0.39 is 0 Å². The molecule has 26 heavy (non-hydrogen) atoms. The minimum atomic E-state index is 0.712. The van der Waals surface area contributed by atoms with E-state index in [1.165, 1.54) is 54.6 Å². The molecule has 1 saturated heterocycles. The zero-order valence-corrected chi connectivity index (χ0v) is 16.5. The SMILES string of the molecule is Brc1ccc2c(c1)/C(=C/Nc1ccc(CN3CCCCC3)cc1)CN=C2. The second-order valence-electron chi connectivity index (χ2n) is 7.05. The summed E-state index contributed by atoms with van der Waals surface area (Å²) in [5.74, 6) is 0. The third kappa shape index (κ3) is 4.25. The lowest BCUT2D eigenvalue weighted by molar-refractivity contribution is 0.221. The van der Waals surface area contributed by atoms with Gasteiger partial charge < -0.3 is 5.32 Å². The summed E-state index contributed by atoms with van der Waals surface area (Å²) in [6.45, 7) is 4.25. The Morgan fingerprint density at radius 2 is 1.85 bits per heavy atom. The summed E-state index contributed by atoms with van der Waals surface area (Å²) in [6, 6.07) is 15.1. The molecule has 2 aromatic carbocycles. The van der Waals surface area contributed by atoms with Gasteiger partial charge in [0, 0.05) is 29.1 Å². The van der Waals surface area contributed by atoms with Gasteiger partial charge in [0.05, 0.1) is 6.54 Å². The van der Waals surface area contributed by atoms with Crippen LogP contribution in [0.25, 0.3) is 5.57 Å². The normalized spacial score (nSPS) is 18.7. The zero-order chi connectivity index (χ0) is 17.8. The summed E-state index contributed by atoms with van der Waals surface area (Å²) in [5, 5.41) is 3.44. The number of halogens is 1. The molecule has 0 spiro atoms. The van der Waals surface area contributed by atoms with Gasteiger partial charge in [-0.05, 0) is 72.5 Å². The van der Waals surface area contributed by atoms with Crippen molar-refractivity contribution in [2.75, 3.05) is 25.0 Å². The monoisotopic (exact) mass is 409 g/mol. The molecule has 2 aromatic rings. The van der Waals surface area contributed by atoms with E-state index in [1.54, 1.807) is 0 Å². The molecule has 0 atom stereocenters. The van der Waals surface area contributed by atoms with Crippen LogP contribution in [0.3, 0.4) is 0 Å². The Hall–Kier alpha value is -1.91. The van der Waals surface area contributed by atoms with Crippen molar-refractivity contribution in [3.05, 3.63) is 69.8 Å². The molecule has 2 aliphatic rings. The van der Waals surface area contributed by atoms with Gasteiger partial charge in [-0.3, -0.25) is 9.89 Å². The van der Waals surface area contributed by atoms with Gasteiger partial charge in [-0.2, -0.15) is 0 Å². The minimum absolute atomic E-state index is 0.712. The van der Waals surface area contributed by atoms with E-state index in [1.807, 2.05) is 6.21 Å². The Morgan fingerprint density at radius 3 is 2.65 bits per heavy atom. The quantitative estimate of drug-likeness (QED) is 0.739. The molecule has 4 heteroatoms. The molecular formula is C22H24BrN3. The molecule has 0 unspecified atom stereocenters. The van der Waals surface area contributed by atoms with E-state index in [-0.39, 0.29) is 0 Å². The topological polar surface area (TPSA) is 27.6 Å². The first-order valence-corrected chi connectivity index (χ1v) is 10.1. The van der Waals surface area contributed by atoms with E-state index >= 15 is 0 Å². The molecule has 0 radical (unpaired) electrons. The molecule has 1 N–H and O–H groups in total. The van der Waals surface area contributed by atoms with E-state index in [4.69, 9.17) is 0 Å². The van der Waals surface area contributed by atoms with Crippen molar-refractivity contribution in [1.29, 1.82) is 0 Å². The van der Waals surface area contributed by atoms with Crippen molar-refractivity contribution in [1.82, 2.24) is 4.90 Å². The summed E-state index contributed by atoms with van der Waals surface area (Å²) in [6.07, 6.45) is 8.11. The van der Waals surface area contributed by atoms with Gasteiger partial charge in [0.15, 0.2) is 0 Å². The second-order valence-corrected chi connectivity index (χ2v) is 7.96. The van der Waals surface area contributed by atoms with Crippen LogP contribution in [0.15, 0.2) is 58.1 Å². The average Bonchev–Trinajstić information content (AvgIpc) is 2.68. The number of piperidine rings is 1. The lowest BCUT2D eigenvalue weighted by Gasteiger charge is -2.26. The fourth-order valence-corrected chi connectivity index (χ4v) is 3.98. The maximum atomic E-state index is 4.47. The first kappa shape index (κ1) is 17.5. The van der Waals surface area contributed by atoms with Gasteiger partial charge in [-0.15, -0.1) is 0 Å². The second kappa shape index (κ2) is 8.19. The standard InChI is InChI=1S/C22H24BrN3/c23-20-7-6-18-13-24-14-19(22(18)12-20)15-25-21-8-4-17(5-9-21)16-26-10-2-1-3-11-26/h4-9,12-13,15,25H,1-3,10-11,14,16H2/b19-15+. The van der Waals surface area contributed by atoms with Gasteiger partial charge in [0.25, 0.3) is 0 Å². The Morgan fingerprint density at radius 1 is 1.04 bits per heavy atom. The van der Waals surface area contributed by atoms with Crippen molar-refractivity contribution in [2.45, 2.75) is 25.8 Å². The highest BCUT2D eigenvalue weighted by atomic mass is 79.9. The van der Waals surface area contributed by atoms with Crippen molar-refractivity contribution in [3.63, 3.8) is 0 Å². The van der Waals surface area contributed by atoms with Crippen molar-refractivity contribution < 1.29 is 0 Å². The maximum absolute atomic E-state index is 4.47. The lowest BCUT2D eigenvalue weighted by Crippen LogP contribution is -2.29. The van der Waals surface area contributed by atoms with Gasteiger partial charge in [-0.25, -0.2) is 0 Å². The van der Waals surface area contributed by atoms with Crippen molar-refractivity contribution >= 4 is 33.4 Å². The summed E-state index contributed by atoms with van der Waals surface area (Å²) in [5.41, 5.74) is 6.13. The van der Waals surface area contributed by atoms with E-state index in [2.05, 4.69) is 79.8 Å². The number of fused-ring (bicyclic) bond motifs is 1. The lowest BCUT2D eigenvalue weighted by atomic mass is 9.99. The predicted molar refractivity (Wildman–Crippen MR) is 114 cm³/mol. The molecule has 0 amide bonds. The smallest absolute Gasteiger partial charge is 0.0660 e. The van der Waals surface area contributed by atoms with Gasteiger partial charge >= 0.3 is 0 Å². The van der Waals surface area contributed by atoms with Crippen LogP contribution < -0.4 is 5.32 Å². The van der Waals surface area contributed by atoms with E-state index in [0.717, 1.165) is 16.7 Å². The van der Waals surface area contributed by atoms with Crippen LogP contribution in [0.1, 0.15) is 36.0 Å². The first-order valence-electron chi connectivity index (χ1n) is 9.34. The van der Waals surface area contributed by atoms with Crippen molar-refractivity contribution in [3.8, 4) is 0 Å². The van der Waals surface area contributed by atoms with Gasteiger partial charge in [0.2, 0.25) is 0 Å². The highest BCUT2D eigenvalue weighted by molar-refractivity contribution is 9.10. The predicted octanol–water partition coefficient (Wildman–Crippen LogP) is 5.32. The van der Waals surface area contributed by atoms with Crippen LogP contribution in [0, 0.1) is 0 Å². The Bertz CT molecular complexity index is 818. The van der Waals surface area contributed by atoms with Crippen LogP contribution in [0.5, 0.6) is 0 Å². The van der Waals surface area contributed by atoms with Crippen LogP contribution in [-0.2, 0) is 6.54 Å². The fraction of sp³-hybridized carbons (Fsp3) is 0.318. The summed E-state index contributed by atoms with van der Waals surface area (Å²) in [7, 11) is 0. The number of nitrogens with zero attached hydrogens (tertiary/aromatic N) is 2. The summed E-state index contributed by atoms with van der Waals surface area (Å²) >= 11 is 3.57.